The highest BCUT2D eigenvalue weighted by atomic mass is 32.2. The molecule has 37 heavy (non-hydrogen) atoms. The molecule has 0 saturated heterocycles. The number of hydrogen-bond donors (Lipinski definition) is 0. The van der Waals surface area contributed by atoms with Crippen molar-refractivity contribution in [2.45, 2.75) is 24.5 Å². The van der Waals surface area contributed by atoms with Crippen molar-refractivity contribution in [2.75, 3.05) is 13.7 Å². The van der Waals surface area contributed by atoms with Crippen LogP contribution in [0.15, 0.2) is 107 Å². The van der Waals surface area contributed by atoms with Crippen LogP contribution < -0.4 is 9.47 Å². The lowest BCUT2D eigenvalue weighted by molar-refractivity contribution is 0.284. The molecule has 0 unspecified atom stereocenters. The van der Waals surface area contributed by atoms with Crippen LogP contribution in [0, 0.1) is 0 Å². The third-order valence-corrected chi connectivity index (χ3v) is 8.22. The average Bonchev–Trinajstić information content (AvgIpc) is 2.95. The summed E-state index contributed by atoms with van der Waals surface area (Å²) in [6, 6.07) is 30.2. The molecule has 6 nitrogen and oxygen atoms in total. The van der Waals surface area contributed by atoms with Gasteiger partial charge in [0.1, 0.15) is 6.61 Å². The first kappa shape index (κ1) is 24.7. The molecule has 5 rings (SSSR count). The second-order valence-electron chi connectivity index (χ2n) is 8.79. The lowest BCUT2D eigenvalue weighted by Crippen LogP contribution is -2.35. The summed E-state index contributed by atoms with van der Waals surface area (Å²) in [6.07, 6.45) is 2.44. The summed E-state index contributed by atoms with van der Waals surface area (Å²) in [6.45, 7) is 1.32. The first-order chi connectivity index (χ1) is 18.0. The Balaban J connectivity index is 1.25. The van der Waals surface area contributed by atoms with Gasteiger partial charge in [0, 0.05) is 19.3 Å². The van der Waals surface area contributed by atoms with E-state index in [0.29, 0.717) is 36.9 Å². The zero-order valence-corrected chi connectivity index (χ0v) is 21.4. The van der Waals surface area contributed by atoms with Gasteiger partial charge in [0.15, 0.2) is 11.5 Å². The van der Waals surface area contributed by atoms with Gasteiger partial charge in [-0.2, -0.15) is 4.31 Å². The number of hydrogen-bond acceptors (Lipinski definition) is 5. The number of nitrogens with zero attached hydrogens (tertiary/aromatic N) is 2. The molecule has 0 fully saturated rings. The minimum Gasteiger partial charge on any atom is -0.493 e. The highest BCUT2D eigenvalue weighted by Gasteiger charge is 2.28. The van der Waals surface area contributed by atoms with Crippen molar-refractivity contribution in [1.29, 1.82) is 0 Å². The number of ether oxygens (including phenoxy) is 2. The molecule has 0 radical (unpaired) electrons. The van der Waals surface area contributed by atoms with Crippen molar-refractivity contribution in [3.63, 3.8) is 0 Å². The van der Waals surface area contributed by atoms with Crippen LogP contribution in [0.4, 0.5) is 5.69 Å². The van der Waals surface area contributed by atoms with Gasteiger partial charge in [0.2, 0.25) is 10.0 Å². The Morgan fingerprint density at radius 2 is 1.59 bits per heavy atom. The summed E-state index contributed by atoms with van der Waals surface area (Å²) in [5.41, 5.74) is 4.85. The largest absolute Gasteiger partial charge is 0.493 e. The van der Waals surface area contributed by atoms with E-state index in [1.165, 1.54) is 5.56 Å². The lowest BCUT2D eigenvalue weighted by atomic mass is 10.0. The van der Waals surface area contributed by atoms with Gasteiger partial charge in [-0.25, -0.2) is 8.42 Å². The van der Waals surface area contributed by atoms with E-state index < -0.39 is 10.0 Å². The topological polar surface area (TPSA) is 68.2 Å². The zero-order chi connectivity index (χ0) is 25.7. The number of sulfonamides is 1. The fourth-order valence-electron chi connectivity index (χ4n) is 4.30. The van der Waals surface area contributed by atoms with Crippen LogP contribution in [0.5, 0.6) is 11.5 Å². The van der Waals surface area contributed by atoms with E-state index in [-0.39, 0.29) is 4.90 Å². The molecular weight excluding hydrogens is 484 g/mol. The Hall–Kier alpha value is -3.94. The summed E-state index contributed by atoms with van der Waals surface area (Å²) in [7, 11) is -1.97. The maximum absolute atomic E-state index is 13.2. The van der Waals surface area contributed by atoms with E-state index in [1.54, 1.807) is 41.9 Å². The number of aliphatic imine (C=N–C) groups is 1. The van der Waals surface area contributed by atoms with E-state index >= 15 is 0 Å². The molecule has 0 bridgehead atoms. The Morgan fingerprint density at radius 3 is 2.35 bits per heavy atom. The van der Waals surface area contributed by atoms with Crippen LogP contribution in [0.3, 0.4) is 0 Å². The number of rotatable bonds is 8. The molecule has 7 heteroatoms. The quantitative estimate of drug-likeness (QED) is 0.281. The third-order valence-electron chi connectivity index (χ3n) is 6.36. The first-order valence-corrected chi connectivity index (χ1v) is 13.5. The molecule has 1 aliphatic rings. The van der Waals surface area contributed by atoms with Crippen molar-refractivity contribution in [2.24, 2.45) is 4.99 Å². The number of benzene rings is 4. The predicted octanol–water partition coefficient (Wildman–Crippen LogP) is 5.77. The number of fused-ring (bicyclic) bond motifs is 1. The summed E-state index contributed by atoms with van der Waals surface area (Å²) >= 11 is 0. The van der Waals surface area contributed by atoms with Crippen molar-refractivity contribution >= 4 is 21.9 Å². The van der Waals surface area contributed by atoms with Crippen LogP contribution in [-0.2, 0) is 29.6 Å². The van der Waals surface area contributed by atoms with Gasteiger partial charge >= 0.3 is 0 Å². The van der Waals surface area contributed by atoms with Gasteiger partial charge in [0.25, 0.3) is 0 Å². The lowest BCUT2D eigenvalue weighted by Gasteiger charge is -2.28. The standard InChI is InChI=1S/C30H28N2O4S/c1-35-30-19-24(11-16-29(30)36-22-23-7-3-2-4-8-23)20-31-27-12-14-28(15-13-27)37(33,34)32-18-17-25-9-5-6-10-26(25)21-32/h2-16,19-20H,17-18,21-22H2,1H3. The average molecular weight is 513 g/mol. The molecule has 0 amide bonds. The van der Waals surface area contributed by atoms with E-state index in [4.69, 9.17) is 9.47 Å². The Kier molecular flexibility index (Phi) is 7.35. The predicted molar refractivity (Wildman–Crippen MR) is 145 cm³/mol. The molecule has 0 saturated carbocycles. The second-order valence-corrected chi connectivity index (χ2v) is 10.7. The van der Waals surface area contributed by atoms with Crippen LogP contribution >= 0.6 is 0 Å². The highest BCUT2D eigenvalue weighted by Crippen LogP contribution is 2.29. The highest BCUT2D eigenvalue weighted by molar-refractivity contribution is 7.89. The summed E-state index contributed by atoms with van der Waals surface area (Å²) < 4.78 is 39.4. The Bertz CT molecular complexity index is 1500. The molecule has 4 aromatic rings. The SMILES string of the molecule is COc1cc(C=Nc2ccc(S(=O)(=O)N3CCc4ccccc4C3)cc2)ccc1OCc1ccccc1. The van der Waals surface area contributed by atoms with Crippen LogP contribution in [0.1, 0.15) is 22.3 Å². The maximum atomic E-state index is 13.2. The molecule has 1 aliphatic heterocycles. The van der Waals surface area contributed by atoms with Gasteiger partial charge in [-0.15, -0.1) is 0 Å². The molecule has 1 heterocycles. The van der Waals surface area contributed by atoms with E-state index in [0.717, 1.165) is 23.1 Å². The van der Waals surface area contributed by atoms with Gasteiger partial charge < -0.3 is 9.47 Å². The molecule has 188 valence electrons. The molecule has 4 aromatic carbocycles. The number of methoxy groups -OCH3 is 1. The fourth-order valence-corrected chi connectivity index (χ4v) is 5.72. The summed E-state index contributed by atoms with van der Waals surface area (Å²) in [5.74, 6) is 1.27. The van der Waals surface area contributed by atoms with Crippen LogP contribution in [-0.4, -0.2) is 32.6 Å². The molecule has 0 aliphatic carbocycles. The summed E-state index contributed by atoms with van der Waals surface area (Å²) in [4.78, 5) is 4.78. The van der Waals surface area contributed by atoms with Gasteiger partial charge in [-0.1, -0.05) is 54.6 Å². The van der Waals surface area contributed by atoms with Crippen molar-refractivity contribution in [3.8, 4) is 11.5 Å². The first-order valence-electron chi connectivity index (χ1n) is 12.1. The van der Waals surface area contributed by atoms with Crippen molar-refractivity contribution < 1.29 is 17.9 Å². The van der Waals surface area contributed by atoms with Crippen LogP contribution in [0.2, 0.25) is 0 Å². The summed E-state index contributed by atoms with van der Waals surface area (Å²) in [5, 5.41) is 0. The normalized spacial score (nSPS) is 13.9. The van der Waals surface area contributed by atoms with Gasteiger partial charge in [-0.05, 0) is 71.1 Å². The smallest absolute Gasteiger partial charge is 0.243 e. The fraction of sp³-hybridized carbons (Fsp3) is 0.167. The molecule has 0 aromatic heterocycles. The third kappa shape index (κ3) is 5.74. The monoisotopic (exact) mass is 512 g/mol. The van der Waals surface area contributed by atoms with Crippen molar-refractivity contribution in [1.82, 2.24) is 4.31 Å². The van der Waals surface area contributed by atoms with Crippen molar-refractivity contribution in [3.05, 3.63) is 119 Å². The minimum absolute atomic E-state index is 0.271. The molecular formula is C30H28N2O4S. The maximum Gasteiger partial charge on any atom is 0.243 e. The minimum atomic E-state index is -3.58. The molecule has 0 N–H and O–H groups in total. The van der Waals surface area contributed by atoms with E-state index in [9.17, 15) is 8.42 Å². The van der Waals surface area contributed by atoms with Gasteiger partial charge in [-0.3, -0.25) is 4.99 Å². The Labute approximate surface area is 217 Å². The molecule has 0 spiro atoms. The van der Waals surface area contributed by atoms with E-state index in [2.05, 4.69) is 11.1 Å². The Morgan fingerprint density at radius 1 is 0.865 bits per heavy atom. The van der Waals surface area contributed by atoms with Crippen LogP contribution in [0.25, 0.3) is 0 Å². The van der Waals surface area contributed by atoms with Gasteiger partial charge in [0.05, 0.1) is 17.7 Å². The zero-order valence-electron chi connectivity index (χ0n) is 20.6. The van der Waals surface area contributed by atoms with E-state index in [1.807, 2.05) is 66.7 Å². The molecule has 0 atom stereocenters. The second kappa shape index (κ2) is 11.0.